The number of hydrogen-bond acceptors (Lipinski definition) is 3. The van der Waals surface area contributed by atoms with Crippen LogP contribution in [0.4, 0.5) is 0 Å². The monoisotopic (exact) mass is 354 g/mol. The summed E-state index contributed by atoms with van der Waals surface area (Å²) in [5, 5.41) is 11.5. The van der Waals surface area contributed by atoms with Crippen molar-refractivity contribution in [2.45, 2.75) is 71.4 Å². The molecule has 1 unspecified atom stereocenters. The Bertz CT molecular complexity index is 717. The van der Waals surface area contributed by atoms with Gasteiger partial charge in [0.2, 0.25) is 0 Å². The third kappa shape index (κ3) is 4.32. The van der Waals surface area contributed by atoms with E-state index >= 15 is 0 Å². The van der Waals surface area contributed by atoms with Crippen LogP contribution in [0, 0.1) is 12.8 Å². The average molecular weight is 354 g/mol. The summed E-state index contributed by atoms with van der Waals surface area (Å²) >= 11 is 0. The van der Waals surface area contributed by atoms with E-state index in [9.17, 15) is 4.79 Å². The first kappa shape index (κ1) is 18.6. The quantitative estimate of drug-likeness (QED) is 0.824. The second-order valence-corrected chi connectivity index (χ2v) is 7.74. The highest BCUT2D eigenvalue weighted by molar-refractivity contribution is 5.93. The number of benzene rings is 1. The molecule has 1 N–H and O–H groups in total. The molecule has 0 saturated heterocycles. The molecule has 0 spiro atoms. The van der Waals surface area contributed by atoms with E-state index < -0.39 is 0 Å². The number of rotatable bonds is 6. The minimum atomic E-state index is -0.126. The minimum Gasteiger partial charge on any atom is -0.344 e. The highest BCUT2D eigenvalue weighted by atomic mass is 16.2. The SMILES string of the molecule is Cc1c(C(=O)NC(CC2CCCCC2)c2ccccc2)nnn1C(C)C. The zero-order chi connectivity index (χ0) is 18.5. The molecular formula is C21H30N4O. The van der Waals surface area contributed by atoms with Crippen LogP contribution >= 0.6 is 0 Å². The molecule has 2 aromatic rings. The summed E-state index contributed by atoms with van der Waals surface area (Å²) in [4.78, 5) is 12.9. The van der Waals surface area contributed by atoms with Crippen molar-refractivity contribution in [3.05, 3.63) is 47.3 Å². The topological polar surface area (TPSA) is 59.8 Å². The van der Waals surface area contributed by atoms with Gasteiger partial charge in [-0.15, -0.1) is 5.10 Å². The van der Waals surface area contributed by atoms with Crippen LogP contribution < -0.4 is 5.32 Å². The lowest BCUT2D eigenvalue weighted by molar-refractivity contribution is 0.0922. The maximum absolute atomic E-state index is 12.9. The van der Waals surface area contributed by atoms with Gasteiger partial charge in [0.1, 0.15) is 0 Å². The molecule has 1 heterocycles. The van der Waals surface area contributed by atoms with Gasteiger partial charge in [-0.25, -0.2) is 4.68 Å². The predicted octanol–water partition coefficient (Wildman–Crippen LogP) is 4.61. The van der Waals surface area contributed by atoms with Gasteiger partial charge in [0.05, 0.1) is 11.7 Å². The van der Waals surface area contributed by atoms with Gasteiger partial charge in [0.15, 0.2) is 5.69 Å². The van der Waals surface area contributed by atoms with E-state index in [4.69, 9.17) is 0 Å². The zero-order valence-electron chi connectivity index (χ0n) is 16.1. The lowest BCUT2D eigenvalue weighted by Crippen LogP contribution is -2.31. The number of nitrogens with one attached hydrogen (secondary N) is 1. The molecule has 1 atom stereocenters. The largest absolute Gasteiger partial charge is 0.344 e. The van der Waals surface area contributed by atoms with E-state index in [0.29, 0.717) is 11.6 Å². The Morgan fingerprint density at radius 1 is 1.19 bits per heavy atom. The van der Waals surface area contributed by atoms with Gasteiger partial charge in [-0.2, -0.15) is 0 Å². The zero-order valence-corrected chi connectivity index (χ0v) is 16.1. The van der Waals surface area contributed by atoms with Crippen molar-refractivity contribution in [3.63, 3.8) is 0 Å². The Balaban J connectivity index is 1.77. The maximum atomic E-state index is 12.9. The molecule has 1 saturated carbocycles. The summed E-state index contributed by atoms with van der Waals surface area (Å²) in [5.41, 5.74) is 2.42. The van der Waals surface area contributed by atoms with E-state index in [1.807, 2.05) is 39.0 Å². The van der Waals surface area contributed by atoms with Crippen LogP contribution in [0.5, 0.6) is 0 Å². The fraction of sp³-hybridized carbons (Fsp3) is 0.571. The number of hydrogen-bond donors (Lipinski definition) is 1. The van der Waals surface area contributed by atoms with Crippen molar-refractivity contribution in [1.82, 2.24) is 20.3 Å². The van der Waals surface area contributed by atoms with Crippen LogP contribution in [-0.4, -0.2) is 20.9 Å². The van der Waals surface area contributed by atoms with Crippen LogP contribution in [0.15, 0.2) is 30.3 Å². The third-order valence-electron chi connectivity index (χ3n) is 5.43. The second-order valence-electron chi connectivity index (χ2n) is 7.74. The second kappa shape index (κ2) is 8.47. The summed E-state index contributed by atoms with van der Waals surface area (Å²) < 4.78 is 1.80. The van der Waals surface area contributed by atoms with Crippen LogP contribution in [0.2, 0.25) is 0 Å². The van der Waals surface area contributed by atoms with E-state index in [2.05, 4.69) is 27.8 Å². The van der Waals surface area contributed by atoms with Crippen LogP contribution in [-0.2, 0) is 0 Å². The molecule has 5 heteroatoms. The lowest BCUT2D eigenvalue weighted by atomic mass is 9.83. The molecule has 1 aromatic carbocycles. The summed E-state index contributed by atoms with van der Waals surface area (Å²) in [5.74, 6) is 0.556. The normalized spacial score (nSPS) is 16.6. The first-order chi connectivity index (χ1) is 12.6. The molecule has 1 aliphatic rings. The lowest BCUT2D eigenvalue weighted by Gasteiger charge is -2.27. The Morgan fingerprint density at radius 2 is 1.88 bits per heavy atom. The van der Waals surface area contributed by atoms with Crippen molar-refractivity contribution in [3.8, 4) is 0 Å². The van der Waals surface area contributed by atoms with Crippen LogP contribution in [0.25, 0.3) is 0 Å². The van der Waals surface area contributed by atoms with Gasteiger partial charge < -0.3 is 5.32 Å². The highest BCUT2D eigenvalue weighted by Gasteiger charge is 2.24. The molecule has 1 aliphatic carbocycles. The van der Waals surface area contributed by atoms with E-state index in [1.165, 1.54) is 37.7 Å². The van der Waals surface area contributed by atoms with Crippen molar-refractivity contribution < 1.29 is 4.79 Å². The Labute approximate surface area is 156 Å². The fourth-order valence-electron chi connectivity index (χ4n) is 3.99. The molecule has 0 aliphatic heterocycles. The number of carbonyl (C=O) groups excluding carboxylic acids is 1. The number of carbonyl (C=O) groups is 1. The van der Waals surface area contributed by atoms with E-state index in [-0.39, 0.29) is 18.0 Å². The predicted molar refractivity (Wildman–Crippen MR) is 103 cm³/mol. The summed E-state index contributed by atoms with van der Waals surface area (Å²) in [6.07, 6.45) is 7.48. The smallest absolute Gasteiger partial charge is 0.274 e. The van der Waals surface area contributed by atoms with E-state index in [0.717, 1.165) is 12.1 Å². The molecule has 0 bridgehead atoms. The van der Waals surface area contributed by atoms with E-state index in [1.54, 1.807) is 4.68 Å². The van der Waals surface area contributed by atoms with Gasteiger partial charge >= 0.3 is 0 Å². The molecule has 3 rings (SSSR count). The molecule has 0 radical (unpaired) electrons. The van der Waals surface area contributed by atoms with Gasteiger partial charge in [0, 0.05) is 6.04 Å². The van der Waals surface area contributed by atoms with Gasteiger partial charge in [0.25, 0.3) is 5.91 Å². The molecule has 140 valence electrons. The van der Waals surface area contributed by atoms with Crippen LogP contribution in [0.3, 0.4) is 0 Å². The number of amides is 1. The van der Waals surface area contributed by atoms with Gasteiger partial charge in [-0.1, -0.05) is 67.6 Å². The van der Waals surface area contributed by atoms with Crippen molar-refractivity contribution >= 4 is 5.91 Å². The third-order valence-corrected chi connectivity index (χ3v) is 5.43. The minimum absolute atomic E-state index is 0.0235. The van der Waals surface area contributed by atoms with Gasteiger partial charge in [-0.3, -0.25) is 4.79 Å². The summed E-state index contributed by atoms with van der Waals surface area (Å²) in [6.45, 7) is 5.99. The molecule has 1 fully saturated rings. The summed E-state index contributed by atoms with van der Waals surface area (Å²) in [6, 6.07) is 10.5. The van der Waals surface area contributed by atoms with Crippen molar-refractivity contribution in [2.24, 2.45) is 5.92 Å². The molecule has 5 nitrogen and oxygen atoms in total. The first-order valence-electron chi connectivity index (χ1n) is 9.84. The van der Waals surface area contributed by atoms with Crippen molar-refractivity contribution in [2.75, 3.05) is 0 Å². The molecule has 26 heavy (non-hydrogen) atoms. The average Bonchev–Trinajstić information content (AvgIpc) is 3.04. The summed E-state index contributed by atoms with van der Waals surface area (Å²) in [7, 11) is 0. The maximum Gasteiger partial charge on any atom is 0.274 e. The van der Waals surface area contributed by atoms with Crippen LogP contribution in [0.1, 0.15) is 86.2 Å². The van der Waals surface area contributed by atoms with Gasteiger partial charge in [-0.05, 0) is 38.7 Å². The number of aromatic nitrogens is 3. The number of nitrogens with zero attached hydrogens (tertiary/aromatic N) is 3. The van der Waals surface area contributed by atoms with Crippen molar-refractivity contribution in [1.29, 1.82) is 0 Å². The Kier molecular flexibility index (Phi) is 6.07. The molecule has 1 amide bonds. The Hall–Kier alpha value is -2.17. The molecule has 1 aromatic heterocycles. The fourth-order valence-corrected chi connectivity index (χ4v) is 3.99. The standard InChI is InChI=1S/C21H30N4O/c1-15(2)25-16(3)20(23-24-25)21(26)22-19(18-12-8-5-9-13-18)14-17-10-6-4-7-11-17/h5,8-9,12-13,15,17,19H,4,6-7,10-11,14H2,1-3H3,(H,22,26). The Morgan fingerprint density at radius 3 is 2.50 bits per heavy atom. The first-order valence-corrected chi connectivity index (χ1v) is 9.84. The molecular weight excluding hydrogens is 324 g/mol. The highest BCUT2D eigenvalue weighted by Crippen LogP contribution is 2.32.